The van der Waals surface area contributed by atoms with Gasteiger partial charge < -0.3 is 0 Å². The van der Waals surface area contributed by atoms with Crippen LogP contribution in [-0.4, -0.2) is 5.78 Å². The Morgan fingerprint density at radius 3 is 2.58 bits per heavy atom. The van der Waals surface area contributed by atoms with Gasteiger partial charge in [0.15, 0.2) is 5.78 Å². The molecule has 1 heteroatoms. The van der Waals surface area contributed by atoms with Crippen molar-refractivity contribution >= 4 is 5.78 Å². The Morgan fingerprint density at radius 1 is 1.10 bits per heavy atom. The minimum Gasteiger partial charge on any atom is -0.295 e. The molecule has 0 radical (unpaired) electrons. The number of rotatable bonds is 7. The second-order valence-electron chi connectivity index (χ2n) is 12.9. The summed E-state index contributed by atoms with van der Waals surface area (Å²) in [5, 5.41) is 0. The van der Waals surface area contributed by atoms with Gasteiger partial charge in [0.2, 0.25) is 0 Å². The maximum absolute atomic E-state index is 12.3. The van der Waals surface area contributed by atoms with Crippen LogP contribution in [0, 0.1) is 52.3 Å². The summed E-state index contributed by atoms with van der Waals surface area (Å²) in [6.45, 7) is 16.6. The molecule has 4 aliphatic rings. The summed E-state index contributed by atoms with van der Waals surface area (Å²) in [6, 6.07) is 0. The van der Waals surface area contributed by atoms with Crippen molar-refractivity contribution in [2.45, 2.75) is 105 Å². The molecule has 0 amide bonds. The van der Waals surface area contributed by atoms with Crippen LogP contribution in [0.25, 0.3) is 0 Å². The summed E-state index contributed by atoms with van der Waals surface area (Å²) in [4.78, 5) is 12.3. The number of carbonyl (C=O) groups excluding carboxylic acids is 1. The smallest absolute Gasteiger partial charge is 0.155 e. The molecule has 0 saturated heterocycles. The second kappa shape index (κ2) is 8.83. The molecule has 0 N–H and O–H groups in total. The highest BCUT2D eigenvalue weighted by molar-refractivity contribution is 5.91. The maximum Gasteiger partial charge on any atom is 0.155 e. The topological polar surface area (TPSA) is 17.1 Å². The van der Waals surface area contributed by atoms with Crippen molar-refractivity contribution in [2.75, 3.05) is 0 Å². The van der Waals surface area contributed by atoms with Gasteiger partial charge in [-0.3, -0.25) is 4.79 Å². The molecule has 4 aliphatic carbocycles. The average Bonchev–Trinajstić information content (AvgIpc) is 3.06. The molecule has 0 spiro atoms. The SMILES string of the molecule is C=CC[C@H]1CC2=CC(=O)CC[C@]2(C)C2CC[C@]3(C)C(C(C)CCCC(C)C)CCC3C21. The molecule has 8 atom stereocenters. The molecule has 0 aromatic rings. The molecule has 0 bridgehead atoms. The molecule has 174 valence electrons. The lowest BCUT2D eigenvalue weighted by molar-refractivity contribution is -0.119. The zero-order valence-corrected chi connectivity index (χ0v) is 21.1. The Bertz CT molecular complexity index is 716. The van der Waals surface area contributed by atoms with Gasteiger partial charge in [0, 0.05) is 6.42 Å². The second-order valence-corrected chi connectivity index (χ2v) is 12.9. The van der Waals surface area contributed by atoms with E-state index >= 15 is 0 Å². The predicted octanol–water partition coefficient (Wildman–Crippen LogP) is 8.40. The van der Waals surface area contributed by atoms with Crippen LogP contribution >= 0.6 is 0 Å². The van der Waals surface area contributed by atoms with Crippen LogP contribution < -0.4 is 0 Å². The average molecular weight is 425 g/mol. The first-order valence-electron chi connectivity index (χ1n) is 13.6. The van der Waals surface area contributed by atoms with E-state index in [0.29, 0.717) is 17.1 Å². The number of allylic oxidation sites excluding steroid dienone is 2. The summed E-state index contributed by atoms with van der Waals surface area (Å²) in [5.41, 5.74) is 2.30. The molecule has 0 aromatic carbocycles. The summed E-state index contributed by atoms with van der Waals surface area (Å²) in [6.07, 6.45) is 18.3. The van der Waals surface area contributed by atoms with Gasteiger partial charge >= 0.3 is 0 Å². The molecule has 3 saturated carbocycles. The Labute approximate surface area is 192 Å². The highest BCUT2D eigenvalue weighted by Crippen LogP contribution is 2.69. The van der Waals surface area contributed by atoms with Crippen LogP contribution in [0.1, 0.15) is 105 Å². The van der Waals surface area contributed by atoms with Crippen molar-refractivity contribution in [3.05, 3.63) is 24.3 Å². The van der Waals surface area contributed by atoms with Crippen molar-refractivity contribution in [1.29, 1.82) is 0 Å². The molecule has 0 aromatic heterocycles. The molecule has 3 fully saturated rings. The van der Waals surface area contributed by atoms with Crippen molar-refractivity contribution in [3.63, 3.8) is 0 Å². The Balaban J connectivity index is 1.58. The monoisotopic (exact) mass is 424 g/mol. The fourth-order valence-corrected chi connectivity index (χ4v) is 9.18. The van der Waals surface area contributed by atoms with Crippen molar-refractivity contribution in [3.8, 4) is 0 Å². The van der Waals surface area contributed by atoms with E-state index in [1.807, 2.05) is 0 Å². The van der Waals surface area contributed by atoms with E-state index < -0.39 is 0 Å². The zero-order chi connectivity index (χ0) is 22.4. The number of hydrogen-bond acceptors (Lipinski definition) is 1. The predicted molar refractivity (Wildman–Crippen MR) is 132 cm³/mol. The van der Waals surface area contributed by atoms with Gasteiger partial charge in [-0.1, -0.05) is 65.5 Å². The zero-order valence-electron chi connectivity index (χ0n) is 21.1. The molecular weight excluding hydrogens is 376 g/mol. The van der Waals surface area contributed by atoms with Gasteiger partial charge in [-0.05, 0) is 103 Å². The number of fused-ring (bicyclic) bond motifs is 5. The number of carbonyl (C=O) groups is 1. The number of ketones is 1. The molecular formula is C30H48O. The molecule has 5 unspecified atom stereocenters. The van der Waals surface area contributed by atoms with Crippen LogP contribution in [0.5, 0.6) is 0 Å². The third-order valence-electron chi connectivity index (χ3n) is 10.8. The van der Waals surface area contributed by atoms with Gasteiger partial charge in [-0.2, -0.15) is 0 Å². The third-order valence-corrected chi connectivity index (χ3v) is 10.8. The standard InChI is InChI=1S/C30H48O/c1-7-9-22-18-23-19-24(31)14-16-29(23,5)27-15-17-30(6)25(12-13-26(30)28(22)27)21(4)11-8-10-20(2)3/h7,19-22,25-28H,1,8-18H2,2-6H3/t21?,22-,25?,26?,27?,28?,29-,30+/m0/s1. The maximum atomic E-state index is 12.3. The summed E-state index contributed by atoms with van der Waals surface area (Å²) < 4.78 is 0. The van der Waals surface area contributed by atoms with Crippen molar-refractivity contribution in [1.82, 2.24) is 0 Å². The molecule has 0 heterocycles. The fraction of sp³-hybridized carbons (Fsp3) is 0.833. The Morgan fingerprint density at radius 2 is 1.87 bits per heavy atom. The van der Waals surface area contributed by atoms with Gasteiger partial charge in [-0.25, -0.2) is 0 Å². The van der Waals surface area contributed by atoms with E-state index in [4.69, 9.17) is 0 Å². The van der Waals surface area contributed by atoms with Gasteiger partial charge in [-0.15, -0.1) is 6.58 Å². The first-order chi connectivity index (χ1) is 14.7. The molecule has 31 heavy (non-hydrogen) atoms. The van der Waals surface area contributed by atoms with E-state index in [1.165, 1.54) is 50.5 Å². The quantitative estimate of drug-likeness (QED) is 0.375. The lowest BCUT2D eigenvalue weighted by Gasteiger charge is -2.61. The number of hydrogen-bond donors (Lipinski definition) is 0. The van der Waals surface area contributed by atoms with Crippen LogP contribution in [0.3, 0.4) is 0 Å². The molecule has 1 nitrogen and oxygen atoms in total. The van der Waals surface area contributed by atoms with Crippen LogP contribution in [0.2, 0.25) is 0 Å². The highest BCUT2D eigenvalue weighted by Gasteiger charge is 2.61. The normalized spacial score (nSPS) is 43.1. The Kier molecular flexibility index (Phi) is 6.64. The van der Waals surface area contributed by atoms with Crippen LogP contribution in [0.4, 0.5) is 0 Å². The van der Waals surface area contributed by atoms with Crippen LogP contribution in [0.15, 0.2) is 24.3 Å². The highest BCUT2D eigenvalue weighted by atomic mass is 16.1. The van der Waals surface area contributed by atoms with E-state index in [2.05, 4.69) is 53.3 Å². The first kappa shape index (κ1) is 23.3. The van der Waals surface area contributed by atoms with Crippen molar-refractivity contribution < 1.29 is 4.79 Å². The minimum absolute atomic E-state index is 0.276. The van der Waals surface area contributed by atoms with Crippen LogP contribution in [-0.2, 0) is 4.79 Å². The fourth-order valence-electron chi connectivity index (χ4n) is 9.18. The molecule has 0 aliphatic heterocycles. The van der Waals surface area contributed by atoms with Gasteiger partial charge in [0.25, 0.3) is 0 Å². The largest absolute Gasteiger partial charge is 0.295 e. The lowest BCUT2D eigenvalue weighted by atomic mass is 9.44. The first-order valence-corrected chi connectivity index (χ1v) is 13.6. The summed E-state index contributed by atoms with van der Waals surface area (Å²) >= 11 is 0. The van der Waals surface area contributed by atoms with E-state index in [0.717, 1.165) is 61.2 Å². The minimum atomic E-state index is 0.276. The summed E-state index contributed by atoms with van der Waals surface area (Å²) in [5.74, 6) is 6.18. The Hall–Kier alpha value is -0.850. The van der Waals surface area contributed by atoms with E-state index in [1.54, 1.807) is 0 Å². The van der Waals surface area contributed by atoms with E-state index in [-0.39, 0.29) is 5.41 Å². The molecule has 4 rings (SSSR count). The van der Waals surface area contributed by atoms with E-state index in [9.17, 15) is 4.79 Å². The third kappa shape index (κ3) is 4.02. The summed E-state index contributed by atoms with van der Waals surface area (Å²) in [7, 11) is 0. The van der Waals surface area contributed by atoms with Crippen molar-refractivity contribution in [2.24, 2.45) is 52.3 Å². The lowest BCUT2D eigenvalue weighted by Crippen LogP contribution is -2.54. The van der Waals surface area contributed by atoms with Gasteiger partial charge in [0.1, 0.15) is 0 Å². The van der Waals surface area contributed by atoms with Gasteiger partial charge in [0.05, 0.1) is 0 Å².